The molecule has 0 radical (unpaired) electrons. The Bertz CT molecular complexity index is 169. The molecule has 2 aliphatic rings. The molecule has 2 rings (SSSR count). The van der Waals surface area contributed by atoms with E-state index in [0.29, 0.717) is 0 Å². The SMILES string of the molecule is NCC1CCN(CC2CCSCC2)C1. The van der Waals surface area contributed by atoms with Crippen molar-refractivity contribution in [2.45, 2.75) is 19.3 Å². The minimum Gasteiger partial charge on any atom is -0.330 e. The van der Waals surface area contributed by atoms with Crippen LogP contribution in [0.4, 0.5) is 0 Å². The topological polar surface area (TPSA) is 29.3 Å². The first-order valence-corrected chi connectivity index (χ1v) is 7.04. The summed E-state index contributed by atoms with van der Waals surface area (Å²) in [5, 5.41) is 0. The van der Waals surface area contributed by atoms with Crippen LogP contribution >= 0.6 is 11.8 Å². The first kappa shape index (κ1) is 10.8. The molecule has 0 amide bonds. The Hall–Kier alpha value is 0.270. The average molecular weight is 214 g/mol. The van der Waals surface area contributed by atoms with E-state index in [-0.39, 0.29) is 0 Å². The fourth-order valence-corrected chi connectivity index (χ4v) is 3.77. The van der Waals surface area contributed by atoms with Gasteiger partial charge in [-0.1, -0.05) is 0 Å². The number of nitrogens with two attached hydrogens (primary N) is 1. The Kier molecular flexibility index (Phi) is 4.14. The summed E-state index contributed by atoms with van der Waals surface area (Å²) in [5.74, 6) is 4.54. The molecule has 2 fully saturated rings. The van der Waals surface area contributed by atoms with Gasteiger partial charge in [0.25, 0.3) is 0 Å². The molecule has 1 unspecified atom stereocenters. The molecule has 0 aliphatic carbocycles. The van der Waals surface area contributed by atoms with Crippen molar-refractivity contribution in [3.63, 3.8) is 0 Å². The van der Waals surface area contributed by atoms with Gasteiger partial charge in [0.05, 0.1) is 0 Å². The molecule has 2 N–H and O–H groups in total. The van der Waals surface area contributed by atoms with Crippen LogP contribution in [0.5, 0.6) is 0 Å². The molecule has 0 aromatic rings. The van der Waals surface area contributed by atoms with Crippen LogP contribution in [0.1, 0.15) is 19.3 Å². The van der Waals surface area contributed by atoms with Crippen molar-refractivity contribution < 1.29 is 0 Å². The van der Waals surface area contributed by atoms with Crippen molar-refractivity contribution in [2.24, 2.45) is 17.6 Å². The van der Waals surface area contributed by atoms with Crippen LogP contribution in [0.3, 0.4) is 0 Å². The number of likely N-dealkylation sites (tertiary alicyclic amines) is 1. The molecule has 2 nitrogen and oxygen atoms in total. The highest BCUT2D eigenvalue weighted by Crippen LogP contribution is 2.25. The van der Waals surface area contributed by atoms with E-state index in [9.17, 15) is 0 Å². The minimum atomic E-state index is 0.785. The highest BCUT2D eigenvalue weighted by atomic mass is 32.2. The molecule has 0 bridgehead atoms. The summed E-state index contributed by atoms with van der Waals surface area (Å²) in [6, 6.07) is 0. The zero-order chi connectivity index (χ0) is 9.80. The number of hydrogen-bond acceptors (Lipinski definition) is 3. The van der Waals surface area contributed by atoms with Crippen LogP contribution in [0.2, 0.25) is 0 Å². The van der Waals surface area contributed by atoms with Gasteiger partial charge in [-0.05, 0) is 55.7 Å². The quantitative estimate of drug-likeness (QED) is 0.770. The molecule has 3 heteroatoms. The lowest BCUT2D eigenvalue weighted by Crippen LogP contribution is -2.30. The van der Waals surface area contributed by atoms with Crippen molar-refractivity contribution >= 4 is 11.8 Å². The second kappa shape index (κ2) is 5.38. The second-order valence-corrected chi connectivity index (χ2v) is 5.93. The van der Waals surface area contributed by atoms with Crippen LogP contribution in [0.15, 0.2) is 0 Å². The first-order chi connectivity index (χ1) is 6.88. The summed E-state index contributed by atoms with van der Waals surface area (Å²) >= 11 is 2.12. The minimum absolute atomic E-state index is 0.785. The monoisotopic (exact) mass is 214 g/mol. The Balaban J connectivity index is 1.69. The van der Waals surface area contributed by atoms with Crippen LogP contribution in [0.25, 0.3) is 0 Å². The van der Waals surface area contributed by atoms with Gasteiger partial charge >= 0.3 is 0 Å². The van der Waals surface area contributed by atoms with Gasteiger partial charge in [-0.2, -0.15) is 11.8 Å². The largest absolute Gasteiger partial charge is 0.330 e. The lowest BCUT2D eigenvalue weighted by molar-refractivity contribution is 0.260. The molecule has 2 aliphatic heterocycles. The molecule has 1 atom stereocenters. The predicted octanol–water partition coefficient (Wildman–Crippen LogP) is 1.41. The van der Waals surface area contributed by atoms with Crippen LogP contribution in [-0.2, 0) is 0 Å². The van der Waals surface area contributed by atoms with Gasteiger partial charge in [-0.3, -0.25) is 0 Å². The van der Waals surface area contributed by atoms with Crippen LogP contribution < -0.4 is 5.73 Å². The van der Waals surface area contributed by atoms with Crippen molar-refractivity contribution in [3.05, 3.63) is 0 Å². The standard InChI is InChI=1S/C11H22N2S/c12-7-11-1-4-13(9-11)8-10-2-5-14-6-3-10/h10-11H,1-9,12H2. The van der Waals surface area contributed by atoms with Gasteiger partial charge in [0.2, 0.25) is 0 Å². The normalized spacial score (nSPS) is 31.1. The number of nitrogens with zero attached hydrogens (tertiary/aromatic N) is 1. The van der Waals surface area contributed by atoms with Crippen LogP contribution in [-0.4, -0.2) is 42.6 Å². The number of thioether (sulfide) groups is 1. The molecular weight excluding hydrogens is 192 g/mol. The molecule has 0 spiro atoms. The summed E-state index contributed by atoms with van der Waals surface area (Å²) in [7, 11) is 0. The smallest absolute Gasteiger partial charge is 0.00223 e. The summed E-state index contributed by atoms with van der Waals surface area (Å²) in [4.78, 5) is 2.64. The van der Waals surface area contributed by atoms with Crippen LogP contribution in [0, 0.1) is 11.8 Å². The number of hydrogen-bond donors (Lipinski definition) is 1. The van der Waals surface area contributed by atoms with E-state index in [1.165, 1.54) is 50.4 Å². The molecule has 2 saturated heterocycles. The van der Waals surface area contributed by atoms with E-state index >= 15 is 0 Å². The Morgan fingerprint density at radius 1 is 1.14 bits per heavy atom. The zero-order valence-electron chi connectivity index (χ0n) is 8.95. The third kappa shape index (κ3) is 2.88. The van der Waals surface area contributed by atoms with E-state index in [1.54, 1.807) is 0 Å². The van der Waals surface area contributed by atoms with E-state index in [0.717, 1.165) is 18.4 Å². The molecule has 14 heavy (non-hydrogen) atoms. The van der Waals surface area contributed by atoms with Crippen molar-refractivity contribution in [1.29, 1.82) is 0 Å². The van der Waals surface area contributed by atoms with Crippen molar-refractivity contribution in [2.75, 3.05) is 37.7 Å². The molecule has 2 heterocycles. The average Bonchev–Trinajstić information content (AvgIpc) is 2.67. The lowest BCUT2D eigenvalue weighted by Gasteiger charge is -2.26. The van der Waals surface area contributed by atoms with Gasteiger partial charge in [-0.15, -0.1) is 0 Å². The fourth-order valence-electron chi connectivity index (χ4n) is 2.57. The van der Waals surface area contributed by atoms with E-state index < -0.39 is 0 Å². The molecule has 82 valence electrons. The van der Waals surface area contributed by atoms with E-state index in [2.05, 4.69) is 16.7 Å². The van der Waals surface area contributed by atoms with Gasteiger partial charge in [0, 0.05) is 13.1 Å². The fraction of sp³-hybridized carbons (Fsp3) is 1.00. The summed E-state index contributed by atoms with van der Waals surface area (Å²) in [6.07, 6.45) is 4.21. The van der Waals surface area contributed by atoms with Gasteiger partial charge in [0.1, 0.15) is 0 Å². The lowest BCUT2D eigenvalue weighted by atomic mass is 10.0. The first-order valence-electron chi connectivity index (χ1n) is 5.88. The van der Waals surface area contributed by atoms with Gasteiger partial charge in [-0.25, -0.2) is 0 Å². The second-order valence-electron chi connectivity index (χ2n) is 4.71. The molecule has 0 saturated carbocycles. The third-order valence-corrected chi connectivity index (χ3v) is 4.61. The maximum absolute atomic E-state index is 5.70. The predicted molar refractivity (Wildman–Crippen MR) is 63.7 cm³/mol. The van der Waals surface area contributed by atoms with E-state index in [1.807, 2.05) is 0 Å². The molecule has 0 aromatic heterocycles. The highest BCUT2D eigenvalue weighted by molar-refractivity contribution is 7.99. The zero-order valence-corrected chi connectivity index (χ0v) is 9.77. The summed E-state index contributed by atoms with van der Waals surface area (Å²) < 4.78 is 0. The summed E-state index contributed by atoms with van der Waals surface area (Å²) in [6.45, 7) is 4.79. The van der Waals surface area contributed by atoms with Crippen molar-refractivity contribution in [3.8, 4) is 0 Å². The Morgan fingerprint density at radius 2 is 1.93 bits per heavy atom. The van der Waals surface area contributed by atoms with E-state index in [4.69, 9.17) is 5.73 Å². The molecule has 0 aromatic carbocycles. The van der Waals surface area contributed by atoms with Gasteiger partial charge in [0.15, 0.2) is 0 Å². The van der Waals surface area contributed by atoms with Crippen molar-refractivity contribution in [1.82, 2.24) is 4.90 Å². The maximum Gasteiger partial charge on any atom is 0.00223 e. The van der Waals surface area contributed by atoms with Gasteiger partial charge < -0.3 is 10.6 Å². The Morgan fingerprint density at radius 3 is 2.57 bits per heavy atom. The maximum atomic E-state index is 5.70. The number of rotatable bonds is 3. The third-order valence-electron chi connectivity index (χ3n) is 3.56. The Labute approximate surface area is 91.6 Å². The molecular formula is C11H22N2S. The highest BCUT2D eigenvalue weighted by Gasteiger charge is 2.24. The summed E-state index contributed by atoms with van der Waals surface area (Å²) in [5.41, 5.74) is 5.70.